The van der Waals surface area contributed by atoms with Gasteiger partial charge in [0.25, 0.3) is 0 Å². The van der Waals surface area contributed by atoms with Gasteiger partial charge in [-0.3, -0.25) is 0 Å². The molecule has 36 heavy (non-hydrogen) atoms. The highest BCUT2D eigenvalue weighted by atomic mass is 27.1. The summed E-state index contributed by atoms with van der Waals surface area (Å²) in [7, 11) is 0. The number of fused-ring (bicyclic) bond motifs is 3. The van der Waals surface area contributed by atoms with Gasteiger partial charge in [-0.05, 0) is 131 Å². The summed E-state index contributed by atoms with van der Waals surface area (Å²) in [5.41, 5.74) is 4.76. The van der Waals surface area contributed by atoms with Crippen molar-refractivity contribution >= 4 is 15.2 Å². The largest absolute Gasteiger partial charge is 0.200 e. The Hall–Kier alpha value is -0.248. The monoisotopic (exact) mass is 503 g/mol. The third-order valence-electron chi connectivity index (χ3n) is 12.2. The maximum Gasteiger partial charge on any atom is 0.200 e. The molecule has 0 spiro atoms. The summed E-state index contributed by atoms with van der Waals surface area (Å²) in [6.07, 6.45) is 24.8. The Balaban J connectivity index is 0.000000186. The van der Waals surface area contributed by atoms with E-state index in [4.69, 9.17) is 0 Å². The van der Waals surface area contributed by atoms with E-state index in [1.807, 2.05) is 0 Å². The van der Waals surface area contributed by atoms with Gasteiger partial charge in [-0.25, -0.2) is 0 Å². The molecule has 0 heterocycles. The smallest absolute Gasteiger partial charge is 0.104 e. The lowest BCUT2D eigenvalue weighted by atomic mass is 9.74. The fourth-order valence-electron chi connectivity index (χ4n) is 9.82. The van der Waals surface area contributed by atoms with Crippen LogP contribution in [0.15, 0.2) is 36.5 Å². The van der Waals surface area contributed by atoms with Gasteiger partial charge in [-0.15, -0.1) is 10.6 Å². The SMILES string of the molecule is C=C1CCC2CC(CC)CCC12.C=C1CCC2CC([CH2][Al][CH2]CC3CCC4CCC(=C)C4C3)CCC12. The lowest BCUT2D eigenvalue weighted by Crippen LogP contribution is -2.23. The van der Waals surface area contributed by atoms with Gasteiger partial charge in [0.05, 0.1) is 0 Å². The van der Waals surface area contributed by atoms with E-state index in [1.54, 1.807) is 40.1 Å². The van der Waals surface area contributed by atoms with E-state index in [2.05, 4.69) is 26.7 Å². The summed E-state index contributed by atoms with van der Waals surface area (Å²) in [6.45, 7) is 15.2. The average molecular weight is 504 g/mol. The van der Waals surface area contributed by atoms with Crippen LogP contribution in [0.3, 0.4) is 0 Å². The molecule has 1 heteroatoms. The van der Waals surface area contributed by atoms with Gasteiger partial charge in [0.1, 0.15) is 0 Å². The summed E-state index contributed by atoms with van der Waals surface area (Å²) < 4.78 is 0. The molecular weight excluding hydrogens is 447 g/mol. The molecule has 0 N–H and O–H groups in total. The topological polar surface area (TPSA) is 0 Å². The van der Waals surface area contributed by atoms with Crippen LogP contribution in [0.2, 0.25) is 10.6 Å². The first-order valence-corrected chi connectivity index (χ1v) is 18.0. The van der Waals surface area contributed by atoms with Crippen LogP contribution < -0.4 is 0 Å². The fourth-order valence-corrected chi connectivity index (χ4v) is 11.7. The van der Waals surface area contributed by atoms with Gasteiger partial charge in [-0.2, -0.15) is 0 Å². The molecule has 6 rings (SSSR count). The van der Waals surface area contributed by atoms with Crippen molar-refractivity contribution in [1.82, 2.24) is 0 Å². The van der Waals surface area contributed by atoms with Gasteiger partial charge in [0.15, 0.2) is 15.2 Å². The lowest BCUT2D eigenvalue weighted by molar-refractivity contribution is 0.222. The lowest BCUT2D eigenvalue weighted by Gasteiger charge is -2.33. The Morgan fingerprint density at radius 2 is 1.14 bits per heavy atom. The first-order chi connectivity index (χ1) is 17.5. The van der Waals surface area contributed by atoms with E-state index in [0.717, 1.165) is 68.5 Å². The molecule has 0 amide bonds. The average Bonchev–Trinajstić information content (AvgIpc) is 3.59. The first kappa shape index (κ1) is 27.3. The van der Waals surface area contributed by atoms with Crippen molar-refractivity contribution in [3.63, 3.8) is 0 Å². The van der Waals surface area contributed by atoms with E-state index in [0.29, 0.717) is 0 Å². The minimum absolute atomic E-state index is 0.720. The zero-order chi connectivity index (χ0) is 25.1. The minimum Gasteiger partial charge on any atom is -0.104 e. The standard InChI is InChI=1S/C12H20.C12H19.C11H17.Al/c1-3-10-5-7-12-9(2)4-6-11(12)8-10;1-3-10-5-7-11-6-4-9(2)12(11)8-10;1-8-3-6-11-9(2)4-5-10(11)7-8;/h10-12H,2-8H2,1H3;10-12H,1-8H2;8,10-11H,1-7H2;. The van der Waals surface area contributed by atoms with E-state index in [1.165, 1.54) is 96.3 Å². The molecule has 0 nitrogen and oxygen atoms in total. The molecule has 1 radical (unpaired) electrons. The zero-order valence-electron chi connectivity index (χ0n) is 23.8. The van der Waals surface area contributed by atoms with Crippen LogP contribution in [0, 0.1) is 53.3 Å². The van der Waals surface area contributed by atoms with Gasteiger partial charge >= 0.3 is 0 Å². The third kappa shape index (κ3) is 6.48. The number of hydrogen-bond donors (Lipinski definition) is 0. The summed E-state index contributed by atoms with van der Waals surface area (Å²) >= 11 is 0.720. The van der Waals surface area contributed by atoms with E-state index >= 15 is 0 Å². The molecule has 6 aliphatic carbocycles. The molecule has 0 saturated heterocycles. The predicted octanol–water partition coefficient (Wildman–Crippen LogP) is 10.5. The molecular formula is C35H56Al. The summed E-state index contributed by atoms with van der Waals surface area (Å²) in [5, 5.41) is 3.17. The Morgan fingerprint density at radius 3 is 1.81 bits per heavy atom. The Labute approximate surface area is 231 Å². The van der Waals surface area contributed by atoms with E-state index < -0.39 is 0 Å². The normalized spacial score (nSPS) is 41.8. The van der Waals surface area contributed by atoms with Gasteiger partial charge in [-0.1, -0.05) is 75.0 Å². The van der Waals surface area contributed by atoms with Crippen LogP contribution in [0.1, 0.15) is 116 Å². The second-order valence-electron chi connectivity index (χ2n) is 14.2. The molecule has 0 aromatic heterocycles. The highest BCUT2D eigenvalue weighted by Gasteiger charge is 2.37. The zero-order valence-corrected chi connectivity index (χ0v) is 25.0. The molecule has 0 aromatic rings. The van der Waals surface area contributed by atoms with Crippen LogP contribution in [0.4, 0.5) is 0 Å². The molecule has 0 bridgehead atoms. The van der Waals surface area contributed by atoms with Crippen molar-refractivity contribution in [3.05, 3.63) is 36.5 Å². The van der Waals surface area contributed by atoms with Crippen molar-refractivity contribution in [3.8, 4) is 0 Å². The highest BCUT2D eigenvalue weighted by Crippen LogP contribution is 2.49. The predicted molar refractivity (Wildman–Crippen MR) is 158 cm³/mol. The van der Waals surface area contributed by atoms with Crippen LogP contribution >= 0.6 is 0 Å². The maximum absolute atomic E-state index is 4.36. The quantitative estimate of drug-likeness (QED) is 0.192. The fraction of sp³-hybridized carbons (Fsp3) is 0.829. The summed E-state index contributed by atoms with van der Waals surface area (Å²) in [4.78, 5) is 0. The Bertz CT molecular complexity index is 778. The first-order valence-electron chi connectivity index (χ1n) is 16.4. The maximum atomic E-state index is 4.36. The Morgan fingerprint density at radius 1 is 0.583 bits per heavy atom. The van der Waals surface area contributed by atoms with Crippen molar-refractivity contribution < 1.29 is 0 Å². The van der Waals surface area contributed by atoms with Gasteiger partial charge < -0.3 is 0 Å². The molecule has 6 aliphatic rings. The second-order valence-corrected chi connectivity index (χ2v) is 15.9. The number of allylic oxidation sites excluding steroid dienone is 3. The van der Waals surface area contributed by atoms with E-state index in [-0.39, 0.29) is 0 Å². The summed E-state index contributed by atoms with van der Waals surface area (Å²) in [5.74, 6) is 9.01. The van der Waals surface area contributed by atoms with Crippen LogP contribution in [0.25, 0.3) is 0 Å². The number of hydrogen-bond acceptors (Lipinski definition) is 0. The van der Waals surface area contributed by atoms with Crippen molar-refractivity contribution in [2.75, 3.05) is 0 Å². The van der Waals surface area contributed by atoms with Crippen molar-refractivity contribution in [2.45, 2.75) is 127 Å². The summed E-state index contributed by atoms with van der Waals surface area (Å²) in [6, 6.07) is 0. The Kier molecular flexibility index (Phi) is 9.67. The second kappa shape index (κ2) is 12.7. The molecule has 9 atom stereocenters. The molecule has 9 unspecified atom stereocenters. The van der Waals surface area contributed by atoms with Crippen molar-refractivity contribution in [2.24, 2.45) is 53.3 Å². The van der Waals surface area contributed by atoms with Gasteiger partial charge in [0, 0.05) is 0 Å². The molecule has 0 aliphatic heterocycles. The van der Waals surface area contributed by atoms with Crippen LogP contribution in [-0.4, -0.2) is 15.2 Å². The van der Waals surface area contributed by atoms with Gasteiger partial charge in [0.2, 0.25) is 0 Å². The molecule has 199 valence electrons. The highest BCUT2D eigenvalue weighted by molar-refractivity contribution is 6.35. The molecule has 6 saturated carbocycles. The van der Waals surface area contributed by atoms with Crippen LogP contribution in [0.5, 0.6) is 0 Å². The van der Waals surface area contributed by atoms with E-state index in [9.17, 15) is 0 Å². The van der Waals surface area contributed by atoms with Crippen LogP contribution in [-0.2, 0) is 0 Å². The molecule has 0 aromatic carbocycles. The molecule has 6 fully saturated rings. The minimum atomic E-state index is 0.720. The third-order valence-corrected chi connectivity index (χ3v) is 14.0. The van der Waals surface area contributed by atoms with Crippen molar-refractivity contribution in [1.29, 1.82) is 0 Å². The number of rotatable bonds is 6.